The molecule has 0 spiro atoms. The highest BCUT2D eigenvalue weighted by Gasteiger charge is 2.31. The molecule has 1 aliphatic heterocycles. The molecule has 3 aromatic heterocycles. The fourth-order valence-corrected chi connectivity index (χ4v) is 10.4. The van der Waals surface area contributed by atoms with E-state index in [9.17, 15) is 0 Å². The minimum Gasteiger partial charge on any atom is -0.455 e. The van der Waals surface area contributed by atoms with Gasteiger partial charge in [-0.15, -0.1) is 22.7 Å². The zero-order valence-electron chi connectivity index (χ0n) is 27.4. The van der Waals surface area contributed by atoms with Crippen LogP contribution in [0.15, 0.2) is 156 Å². The van der Waals surface area contributed by atoms with Gasteiger partial charge in [-0.3, -0.25) is 16.0 Å². The molecule has 244 valence electrons. The van der Waals surface area contributed by atoms with Crippen LogP contribution in [0, 0.1) is 0 Å². The van der Waals surface area contributed by atoms with E-state index in [2.05, 4.69) is 168 Å². The number of hydrogen-bond donors (Lipinski definition) is 3. The highest BCUT2D eigenvalue weighted by Crippen LogP contribution is 2.44. The van der Waals surface area contributed by atoms with E-state index in [1.807, 2.05) is 22.7 Å². The average Bonchev–Trinajstić information content (AvgIpc) is 3.89. The summed E-state index contributed by atoms with van der Waals surface area (Å²) in [7, 11) is 0. The van der Waals surface area contributed by atoms with Gasteiger partial charge in [0, 0.05) is 62.2 Å². The summed E-state index contributed by atoms with van der Waals surface area (Å²) < 4.78 is 11.9. The largest absolute Gasteiger partial charge is 0.455 e. The summed E-state index contributed by atoms with van der Waals surface area (Å²) in [5, 5.41) is 19.2. The smallest absolute Gasteiger partial charge is 0.143 e. The van der Waals surface area contributed by atoms with Gasteiger partial charge < -0.3 is 4.42 Å². The number of benzene rings is 7. The Kier molecular flexibility index (Phi) is 6.69. The molecule has 4 heterocycles. The number of fused-ring (bicyclic) bond motifs is 9. The molecule has 0 saturated carbocycles. The van der Waals surface area contributed by atoms with Crippen LogP contribution in [0.5, 0.6) is 0 Å². The predicted molar refractivity (Wildman–Crippen MR) is 215 cm³/mol. The molecule has 1 fully saturated rings. The highest BCUT2D eigenvalue weighted by atomic mass is 32.1. The molecule has 4 nitrogen and oxygen atoms in total. The monoisotopic (exact) mass is 693 g/mol. The average molecular weight is 694 g/mol. The van der Waals surface area contributed by atoms with Crippen LogP contribution in [0.25, 0.3) is 73.4 Å². The quantitative estimate of drug-likeness (QED) is 0.172. The van der Waals surface area contributed by atoms with E-state index in [0.29, 0.717) is 0 Å². The molecule has 10 aromatic rings. The number of hydrogen-bond acceptors (Lipinski definition) is 6. The first-order valence-electron chi connectivity index (χ1n) is 17.4. The van der Waals surface area contributed by atoms with Crippen molar-refractivity contribution in [2.45, 2.75) is 18.5 Å². The third kappa shape index (κ3) is 4.69. The second-order valence-corrected chi connectivity index (χ2v) is 15.5. The van der Waals surface area contributed by atoms with Gasteiger partial charge in [0.15, 0.2) is 0 Å². The fraction of sp³-hybridized carbons (Fsp3) is 0.0667. The summed E-state index contributed by atoms with van der Waals surface area (Å²) in [6.45, 7) is 0. The third-order valence-corrected chi connectivity index (χ3v) is 12.8. The predicted octanol–water partition coefficient (Wildman–Crippen LogP) is 12.2. The minimum atomic E-state index is -0.119. The van der Waals surface area contributed by atoms with Crippen LogP contribution in [0.4, 0.5) is 0 Å². The number of thiophene rings is 2. The van der Waals surface area contributed by atoms with Gasteiger partial charge in [-0.25, -0.2) is 0 Å². The van der Waals surface area contributed by atoms with E-state index in [1.54, 1.807) is 0 Å². The number of furan rings is 1. The molecule has 0 bridgehead atoms. The van der Waals surface area contributed by atoms with E-state index in [4.69, 9.17) is 4.42 Å². The van der Waals surface area contributed by atoms with Crippen LogP contribution in [-0.4, -0.2) is 0 Å². The van der Waals surface area contributed by atoms with Crippen molar-refractivity contribution in [1.29, 1.82) is 0 Å². The van der Waals surface area contributed by atoms with Crippen LogP contribution in [0.3, 0.4) is 0 Å². The summed E-state index contributed by atoms with van der Waals surface area (Å²) in [5.74, 6) is 0. The summed E-state index contributed by atoms with van der Waals surface area (Å²) in [4.78, 5) is 0. The first-order valence-corrected chi connectivity index (χ1v) is 19.0. The first-order chi connectivity index (χ1) is 25.3. The molecular formula is C45H31N3OS2. The second-order valence-electron chi connectivity index (χ2n) is 13.3. The lowest BCUT2D eigenvalue weighted by Crippen LogP contribution is -2.54. The minimum absolute atomic E-state index is 0.0622. The normalized spacial score (nSPS) is 18.2. The molecule has 1 aliphatic rings. The molecule has 11 rings (SSSR count). The summed E-state index contributed by atoms with van der Waals surface area (Å²) in [6.07, 6.45) is -0.271. The molecule has 0 aliphatic carbocycles. The maximum Gasteiger partial charge on any atom is 0.143 e. The lowest BCUT2D eigenvalue weighted by Gasteiger charge is -2.40. The molecule has 1 saturated heterocycles. The molecular weight excluding hydrogens is 663 g/mol. The topological polar surface area (TPSA) is 49.2 Å². The Hall–Kier alpha value is -5.34. The first kappa shape index (κ1) is 29.4. The van der Waals surface area contributed by atoms with Crippen molar-refractivity contribution in [2.75, 3.05) is 0 Å². The van der Waals surface area contributed by atoms with Crippen LogP contribution < -0.4 is 16.0 Å². The van der Waals surface area contributed by atoms with Crippen LogP contribution in [0.2, 0.25) is 0 Å². The number of para-hydroxylation sites is 1. The van der Waals surface area contributed by atoms with Crippen LogP contribution >= 0.6 is 22.7 Å². The Morgan fingerprint density at radius 1 is 0.431 bits per heavy atom. The van der Waals surface area contributed by atoms with Crippen LogP contribution in [-0.2, 0) is 0 Å². The van der Waals surface area contributed by atoms with Crippen molar-refractivity contribution in [3.63, 3.8) is 0 Å². The Bertz CT molecular complexity index is 2940. The van der Waals surface area contributed by atoms with Crippen molar-refractivity contribution < 1.29 is 4.42 Å². The lowest BCUT2D eigenvalue weighted by molar-refractivity contribution is 0.204. The van der Waals surface area contributed by atoms with Gasteiger partial charge >= 0.3 is 0 Å². The van der Waals surface area contributed by atoms with Crippen LogP contribution in [0.1, 0.15) is 35.2 Å². The van der Waals surface area contributed by atoms with Gasteiger partial charge in [0.1, 0.15) is 11.2 Å². The van der Waals surface area contributed by atoms with Crippen molar-refractivity contribution in [2.24, 2.45) is 0 Å². The molecule has 7 aromatic carbocycles. The van der Waals surface area contributed by atoms with Crippen molar-refractivity contribution in [1.82, 2.24) is 16.0 Å². The summed E-state index contributed by atoms with van der Waals surface area (Å²) >= 11 is 3.71. The molecule has 3 unspecified atom stereocenters. The Labute approximate surface area is 302 Å². The van der Waals surface area contributed by atoms with Gasteiger partial charge in [0.25, 0.3) is 0 Å². The summed E-state index contributed by atoms with van der Waals surface area (Å²) in [5.41, 5.74) is 7.78. The van der Waals surface area contributed by atoms with Crippen molar-refractivity contribution in [3.8, 4) is 11.1 Å². The second kappa shape index (κ2) is 11.6. The van der Waals surface area contributed by atoms with E-state index < -0.39 is 0 Å². The molecule has 51 heavy (non-hydrogen) atoms. The maximum atomic E-state index is 6.72. The Balaban J connectivity index is 1.04. The molecule has 3 atom stereocenters. The van der Waals surface area contributed by atoms with Crippen molar-refractivity contribution >= 4 is 85.0 Å². The zero-order chi connectivity index (χ0) is 33.5. The highest BCUT2D eigenvalue weighted by molar-refractivity contribution is 7.26. The zero-order valence-corrected chi connectivity index (χ0v) is 29.0. The van der Waals surface area contributed by atoms with Gasteiger partial charge in [0.05, 0.1) is 18.5 Å². The lowest BCUT2D eigenvalue weighted by atomic mass is 9.99. The molecule has 3 N–H and O–H groups in total. The Morgan fingerprint density at radius 2 is 1.08 bits per heavy atom. The SMILES string of the molecule is c1ccc(C2NC(c3ccc4oc5c(-c6cccc7c6sc6ccccc67)cccc5c4c3)NC(c3cccc4sc5ccccc5c34)N2)cc1. The van der Waals surface area contributed by atoms with Crippen molar-refractivity contribution in [3.05, 3.63) is 168 Å². The fourth-order valence-electron chi connectivity index (χ4n) is 8.06. The van der Waals surface area contributed by atoms with E-state index in [0.717, 1.165) is 33.1 Å². The van der Waals surface area contributed by atoms with Gasteiger partial charge in [-0.05, 0) is 47.0 Å². The number of nitrogens with one attached hydrogen (secondary N) is 3. The van der Waals surface area contributed by atoms with Gasteiger partial charge in [0.2, 0.25) is 0 Å². The van der Waals surface area contributed by atoms with E-state index >= 15 is 0 Å². The van der Waals surface area contributed by atoms with E-state index in [-0.39, 0.29) is 18.5 Å². The van der Waals surface area contributed by atoms with Gasteiger partial charge in [-0.1, -0.05) is 121 Å². The van der Waals surface area contributed by atoms with Gasteiger partial charge in [-0.2, -0.15) is 0 Å². The summed E-state index contributed by atoms with van der Waals surface area (Å²) in [6, 6.07) is 54.6. The Morgan fingerprint density at radius 3 is 1.94 bits per heavy atom. The molecule has 6 heteroatoms. The maximum absolute atomic E-state index is 6.72. The standard InChI is InChI=1S/C45H31N3OS2/c1-2-11-26(12-3-1)43-46-44(48-45(47-43)34-19-10-22-39-40(34)33-14-5-7-21-38(33)50-39)27-23-24-36-35(25-27)30-16-8-15-29(41(30)49-36)32-18-9-17-31-28-13-4-6-20-37(28)51-42(31)32/h1-25,43-48H. The third-order valence-electron chi connectivity index (χ3n) is 10.4. The molecule has 0 radical (unpaired) electrons. The number of rotatable bonds is 4. The van der Waals surface area contributed by atoms with E-state index in [1.165, 1.54) is 57.0 Å². The molecule has 0 amide bonds.